The molecule has 1 aromatic heterocycles. The van der Waals surface area contributed by atoms with E-state index in [9.17, 15) is 8.78 Å². The normalized spacial score (nSPS) is 11.9. The molecular weight excluding hydrogens is 420 g/mol. The van der Waals surface area contributed by atoms with Crippen molar-refractivity contribution in [2.45, 2.75) is 19.6 Å². The maximum absolute atomic E-state index is 12.7. The molecule has 0 aliphatic rings. The van der Waals surface area contributed by atoms with Gasteiger partial charge in [0.2, 0.25) is 0 Å². The van der Waals surface area contributed by atoms with Crippen LogP contribution in [0.1, 0.15) is 18.5 Å². The van der Waals surface area contributed by atoms with Crippen LogP contribution in [0.5, 0.6) is 11.5 Å². The highest BCUT2D eigenvalue weighted by atomic mass is 32.2. The number of nitrogens with zero attached hydrogens (tertiary/aromatic N) is 1. The quantitative estimate of drug-likeness (QED) is 0.408. The SMILES string of the molecule is CCOc1cc(C(CSC)Nc2ncc(-c3ccccc3)cc2N)ccc1OC(F)F. The Bertz CT molecular complexity index is 990. The van der Waals surface area contributed by atoms with E-state index in [1.54, 1.807) is 37.0 Å². The number of alkyl halides is 2. The smallest absolute Gasteiger partial charge is 0.387 e. The molecule has 3 rings (SSSR count). The highest BCUT2D eigenvalue weighted by molar-refractivity contribution is 7.98. The van der Waals surface area contributed by atoms with Crippen LogP contribution in [0.25, 0.3) is 11.1 Å². The Morgan fingerprint density at radius 3 is 2.48 bits per heavy atom. The van der Waals surface area contributed by atoms with Crippen LogP contribution in [-0.2, 0) is 0 Å². The summed E-state index contributed by atoms with van der Waals surface area (Å²) >= 11 is 1.64. The number of rotatable bonds is 10. The molecule has 164 valence electrons. The summed E-state index contributed by atoms with van der Waals surface area (Å²) in [5.74, 6) is 1.55. The van der Waals surface area contributed by atoms with Crippen molar-refractivity contribution < 1.29 is 18.3 Å². The lowest BCUT2D eigenvalue weighted by Gasteiger charge is -2.22. The molecule has 0 saturated heterocycles. The fourth-order valence-electron chi connectivity index (χ4n) is 3.15. The minimum absolute atomic E-state index is 0.00774. The van der Waals surface area contributed by atoms with Crippen molar-refractivity contribution in [1.82, 2.24) is 4.98 Å². The van der Waals surface area contributed by atoms with E-state index in [4.69, 9.17) is 10.5 Å². The molecule has 0 saturated carbocycles. The van der Waals surface area contributed by atoms with Crippen LogP contribution < -0.4 is 20.5 Å². The molecule has 0 aliphatic heterocycles. The molecule has 1 atom stereocenters. The lowest BCUT2D eigenvalue weighted by molar-refractivity contribution is -0.0514. The first-order chi connectivity index (χ1) is 15.0. The zero-order valence-electron chi connectivity index (χ0n) is 17.3. The van der Waals surface area contributed by atoms with Gasteiger partial charge in [-0.05, 0) is 42.5 Å². The Morgan fingerprint density at radius 1 is 1.06 bits per heavy atom. The van der Waals surface area contributed by atoms with Crippen molar-refractivity contribution in [2.24, 2.45) is 0 Å². The predicted molar refractivity (Wildman–Crippen MR) is 123 cm³/mol. The van der Waals surface area contributed by atoms with Gasteiger partial charge in [-0.25, -0.2) is 4.98 Å². The first-order valence-electron chi connectivity index (χ1n) is 9.79. The third-order valence-corrected chi connectivity index (χ3v) is 5.22. The average Bonchev–Trinajstić information content (AvgIpc) is 2.76. The number of benzene rings is 2. The maximum atomic E-state index is 12.7. The van der Waals surface area contributed by atoms with Gasteiger partial charge >= 0.3 is 6.61 Å². The maximum Gasteiger partial charge on any atom is 0.387 e. The van der Waals surface area contributed by atoms with Crippen LogP contribution in [-0.4, -0.2) is 30.2 Å². The molecule has 0 bridgehead atoms. The second-order valence-corrected chi connectivity index (χ2v) is 7.61. The summed E-state index contributed by atoms with van der Waals surface area (Å²) in [5, 5.41) is 3.37. The van der Waals surface area contributed by atoms with Crippen LogP contribution in [0.3, 0.4) is 0 Å². The number of halogens is 2. The molecular formula is C23H25F2N3O2S. The third-order valence-electron chi connectivity index (χ3n) is 4.55. The molecule has 0 aliphatic carbocycles. The number of nitrogens with two attached hydrogens (primary N) is 1. The van der Waals surface area contributed by atoms with Gasteiger partial charge in [0, 0.05) is 17.5 Å². The number of nitrogen functional groups attached to an aromatic ring is 1. The summed E-state index contributed by atoms with van der Waals surface area (Å²) in [6, 6.07) is 16.5. The molecule has 3 aromatic rings. The Balaban J connectivity index is 1.86. The molecule has 0 amide bonds. The third kappa shape index (κ3) is 6.01. The van der Waals surface area contributed by atoms with Crippen LogP contribution in [0, 0.1) is 0 Å². The second kappa shape index (κ2) is 10.9. The number of nitrogens with one attached hydrogen (secondary N) is 1. The molecule has 5 nitrogen and oxygen atoms in total. The van der Waals surface area contributed by atoms with E-state index in [-0.39, 0.29) is 17.5 Å². The van der Waals surface area contributed by atoms with Gasteiger partial charge < -0.3 is 20.5 Å². The van der Waals surface area contributed by atoms with Crippen molar-refractivity contribution in [3.63, 3.8) is 0 Å². The van der Waals surface area contributed by atoms with Crippen molar-refractivity contribution in [3.8, 4) is 22.6 Å². The minimum atomic E-state index is -2.92. The fourth-order valence-corrected chi connectivity index (χ4v) is 3.76. The standard InChI is InChI=1S/C23H25F2N3O2S/c1-3-29-21-12-16(9-10-20(21)30-23(24)25)19(14-31-2)28-22-18(26)11-17(13-27-22)15-7-5-4-6-8-15/h4-13,19,23H,3,14,26H2,1-2H3,(H,27,28). The van der Waals surface area contributed by atoms with Crippen molar-refractivity contribution in [2.75, 3.05) is 29.7 Å². The van der Waals surface area contributed by atoms with Gasteiger partial charge in [-0.15, -0.1) is 0 Å². The number of thioether (sulfide) groups is 1. The van der Waals surface area contributed by atoms with E-state index in [1.165, 1.54) is 6.07 Å². The molecule has 1 unspecified atom stereocenters. The van der Waals surface area contributed by atoms with Gasteiger partial charge in [-0.1, -0.05) is 36.4 Å². The summed E-state index contributed by atoms with van der Waals surface area (Å²) < 4.78 is 35.5. The monoisotopic (exact) mass is 445 g/mol. The Labute approximate surface area is 185 Å². The topological polar surface area (TPSA) is 69.4 Å². The Hall–Kier alpha value is -3.00. The first-order valence-corrected chi connectivity index (χ1v) is 11.2. The van der Waals surface area contributed by atoms with E-state index >= 15 is 0 Å². The van der Waals surface area contributed by atoms with Crippen molar-refractivity contribution in [1.29, 1.82) is 0 Å². The molecule has 0 spiro atoms. The van der Waals surface area contributed by atoms with E-state index in [0.29, 0.717) is 23.9 Å². The summed E-state index contributed by atoms with van der Waals surface area (Å²) in [4.78, 5) is 4.52. The molecule has 0 fully saturated rings. The summed E-state index contributed by atoms with van der Waals surface area (Å²) in [7, 11) is 0. The molecule has 0 radical (unpaired) electrons. The van der Waals surface area contributed by atoms with Gasteiger partial charge in [0.1, 0.15) is 5.82 Å². The van der Waals surface area contributed by atoms with E-state index in [1.807, 2.05) is 42.7 Å². The zero-order chi connectivity index (χ0) is 22.2. The van der Waals surface area contributed by atoms with Crippen LogP contribution >= 0.6 is 11.8 Å². The number of ether oxygens (including phenoxy) is 2. The number of hydrogen-bond acceptors (Lipinski definition) is 6. The van der Waals surface area contributed by atoms with Gasteiger partial charge in [0.25, 0.3) is 0 Å². The van der Waals surface area contributed by atoms with Gasteiger partial charge in [-0.2, -0.15) is 20.5 Å². The first kappa shape index (κ1) is 22.7. The summed E-state index contributed by atoms with van der Waals surface area (Å²) in [6.07, 6.45) is 3.76. The summed E-state index contributed by atoms with van der Waals surface area (Å²) in [5.41, 5.74) is 9.62. The van der Waals surface area contributed by atoms with Crippen molar-refractivity contribution in [3.05, 3.63) is 66.4 Å². The van der Waals surface area contributed by atoms with Crippen LogP contribution in [0.2, 0.25) is 0 Å². The molecule has 3 N–H and O–H groups in total. The average molecular weight is 446 g/mol. The lowest BCUT2D eigenvalue weighted by Crippen LogP contribution is -2.16. The fraction of sp³-hybridized carbons (Fsp3) is 0.261. The number of anilines is 2. The molecule has 31 heavy (non-hydrogen) atoms. The number of aromatic nitrogens is 1. The van der Waals surface area contributed by atoms with E-state index in [0.717, 1.165) is 16.7 Å². The van der Waals surface area contributed by atoms with Crippen molar-refractivity contribution >= 4 is 23.3 Å². The summed E-state index contributed by atoms with van der Waals surface area (Å²) in [6.45, 7) is -0.800. The van der Waals surface area contributed by atoms with Crippen LogP contribution in [0.4, 0.5) is 20.3 Å². The molecule has 1 heterocycles. The highest BCUT2D eigenvalue weighted by Gasteiger charge is 2.18. The highest BCUT2D eigenvalue weighted by Crippen LogP contribution is 2.34. The minimum Gasteiger partial charge on any atom is -0.490 e. The number of hydrogen-bond donors (Lipinski definition) is 2. The Morgan fingerprint density at radius 2 is 1.84 bits per heavy atom. The van der Waals surface area contributed by atoms with Gasteiger partial charge in [0.15, 0.2) is 11.5 Å². The molecule has 8 heteroatoms. The Kier molecular flexibility index (Phi) is 7.94. The number of pyridine rings is 1. The van der Waals surface area contributed by atoms with Gasteiger partial charge in [-0.3, -0.25) is 0 Å². The van der Waals surface area contributed by atoms with Gasteiger partial charge in [0.05, 0.1) is 18.3 Å². The lowest BCUT2D eigenvalue weighted by atomic mass is 10.1. The van der Waals surface area contributed by atoms with E-state index in [2.05, 4.69) is 15.0 Å². The largest absolute Gasteiger partial charge is 0.490 e. The predicted octanol–water partition coefficient (Wildman–Crippen LogP) is 5.85. The second-order valence-electron chi connectivity index (χ2n) is 6.70. The molecule has 2 aromatic carbocycles. The zero-order valence-corrected chi connectivity index (χ0v) is 18.2. The van der Waals surface area contributed by atoms with E-state index < -0.39 is 6.61 Å². The van der Waals surface area contributed by atoms with Crippen LogP contribution in [0.15, 0.2) is 60.8 Å².